The second kappa shape index (κ2) is 6.63. The molecule has 2 aromatic rings. The third-order valence-electron chi connectivity index (χ3n) is 3.19. The van der Waals surface area contributed by atoms with Crippen molar-refractivity contribution in [3.8, 4) is 0 Å². The monoisotopic (exact) mass is 348 g/mol. The zero-order chi connectivity index (χ0) is 15.4. The van der Waals surface area contributed by atoms with Crippen LogP contribution in [-0.4, -0.2) is 13.1 Å². The van der Waals surface area contributed by atoms with Crippen molar-refractivity contribution in [2.45, 2.75) is 13.0 Å². The molecule has 0 amide bonds. The Balaban J connectivity index is 2.18. The molecule has 0 heterocycles. The van der Waals surface area contributed by atoms with E-state index >= 15 is 0 Å². The number of ether oxygens (including phenoxy) is 1. The van der Waals surface area contributed by atoms with Crippen LogP contribution < -0.4 is 11.1 Å². The molecule has 2 aromatic carbocycles. The minimum absolute atomic E-state index is 0.0915. The summed E-state index contributed by atoms with van der Waals surface area (Å²) in [5.41, 5.74) is 8.87. The van der Waals surface area contributed by atoms with Crippen molar-refractivity contribution in [3.63, 3.8) is 0 Å². The summed E-state index contributed by atoms with van der Waals surface area (Å²) in [7, 11) is 1.35. The van der Waals surface area contributed by atoms with Gasteiger partial charge in [-0.1, -0.05) is 28.1 Å². The van der Waals surface area contributed by atoms with Gasteiger partial charge in [0.25, 0.3) is 0 Å². The highest BCUT2D eigenvalue weighted by atomic mass is 79.9. The number of anilines is 2. The van der Waals surface area contributed by atoms with Gasteiger partial charge in [0.1, 0.15) is 0 Å². The van der Waals surface area contributed by atoms with Crippen molar-refractivity contribution < 1.29 is 9.53 Å². The van der Waals surface area contributed by atoms with E-state index in [9.17, 15) is 4.79 Å². The first-order valence-electron chi connectivity index (χ1n) is 6.51. The summed E-state index contributed by atoms with van der Waals surface area (Å²) >= 11 is 3.46. The minimum atomic E-state index is -0.395. The fourth-order valence-corrected chi connectivity index (χ4v) is 2.45. The number of hydrogen-bond donors (Lipinski definition) is 2. The summed E-state index contributed by atoms with van der Waals surface area (Å²) in [5, 5.41) is 3.34. The van der Waals surface area contributed by atoms with Crippen LogP contribution in [0.4, 0.5) is 11.4 Å². The van der Waals surface area contributed by atoms with E-state index in [4.69, 9.17) is 5.73 Å². The molecule has 110 valence electrons. The Bertz CT molecular complexity index is 658. The molecular formula is C16H17BrN2O2. The Morgan fingerprint density at radius 2 is 2.05 bits per heavy atom. The standard InChI is InChI=1S/C16H17BrN2O2/c1-10(11-4-3-5-13(17)8-11)19-15-7-6-12(9-14(15)18)16(20)21-2/h3-10,19H,18H2,1-2H3. The molecule has 5 heteroatoms. The smallest absolute Gasteiger partial charge is 0.337 e. The summed E-state index contributed by atoms with van der Waals surface area (Å²) in [6.45, 7) is 2.05. The van der Waals surface area contributed by atoms with Crippen molar-refractivity contribution in [3.05, 3.63) is 58.1 Å². The fourth-order valence-electron chi connectivity index (χ4n) is 2.03. The Kier molecular flexibility index (Phi) is 4.85. The molecule has 0 aliphatic carbocycles. The van der Waals surface area contributed by atoms with Gasteiger partial charge in [0.2, 0.25) is 0 Å². The first-order chi connectivity index (χ1) is 10.0. The fraction of sp³-hybridized carbons (Fsp3) is 0.188. The topological polar surface area (TPSA) is 64.3 Å². The summed E-state index contributed by atoms with van der Waals surface area (Å²) in [4.78, 5) is 11.5. The van der Waals surface area contributed by atoms with Gasteiger partial charge in [0.05, 0.1) is 24.0 Å². The molecule has 0 saturated carbocycles. The highest BCUT2D eigenvalue weighted by Gasteiger charge is 2.11. The molecule has 2 rings (SSSR count). The maximum Gasteiger partial charge on any atom is 0.337 e. The zero-order valence-corrected chi connectivity index (χ0v) is 13.5. The normalized spacial score (nSPS) is 11.8. The lowest BCUT2D eigenvalue weighted by Crippen LogP contribution is -2.09. The predicted molar refractivity (Wildman–Crippen MR) is 88.4 cm³/mol. The van der Waals surface area contributed by atoms with Crippen LogP contribution in [0.25, 0.3) is 0 Å². The van der Waals surface area contributed by atoms with Gasteiger partial charge in [0.15, 0.2) is 0 Å². The lowest BCUT2D eigenvalue weighted by molar-refractivity contribution is 0.0601. The van der Waals surface area contributed by atoms with E-state index in [0.29, 0.717) is 11.3 Å². The minimum Gasteiger partial charge on any atom is -0.465 e. The van der Waals surface area contributed by atoms with E-state index in [2.05, 4.69) is 39.0 Å². The van der Waals surface area contributed by atoms with Crippen molar-refractivity contribution in [2.75, 3.05) is 18.2 Å². The molecule has 3 N–H and O–H groups in total. The van der Waals surface area contributed by atoms with Crippen LogP contribution in [0.5, 0.6) is 0 Å². The summed E-state index contributed by atoms with van der Waals surface area (Å²) < 4.78 is 5.70. The van der Waals surface area contributed by atoms with Crippen molar-refractivity contribution in [1.29, 1.82) is 0 Å². The van der Waals surface area contributed by atoms with Crippen LogP contribution in [0, 0.1) is 0 Å². The summed E-state index contributed by atoms with van der Waals surface area (Å²) in [6, 6.07) is 13.2. The van der Waals surface area contributed by atoms with Crippen LogP contribution in [0.2, 0.25) is 0 Å². The van der Waals surface area contributed by atoms with Gasteiger partial charge in [-0.3, -0.25) is 0 Å². The van der Waals surface area contributed by atoms with Crippen LogP contribution >= 0.6 is 15.9 Å². The van der Waals surface area contributed by atoms with Gasteiger partial charge >= 0.3 is 5.97 Å². The van der Waals surface area contributed by atoms with E-state index in [0.717, 1.165) is 15.7 Å². The molecule has 0 fully saturated rings. The number of nitrogens with two attached hydrogens (primary N) is 1. The SMILES string of the molecule is COC(=O)c1ccc(NC(C)c2cccc(Br)c2)c(N)c1. The van der Waals surface area contributed by atoms with Crippen molar-refractivity contribution >= 4 is 33.3 Å². The average molecular weight is 349 g/mol. The largest absolute Gasteiger partial charge is 0.465 e. The first kappa shape index (κ1) is 15.4. The lowest BCUT2D eigenvalue weighted by atomic mass is 10.1. The Labute approximate surface area is 132 Å². The van der Waals surface area contributed by atoms with E-state index in [-0.39, 0.29) is 6.04 Å². The quantitative estimate of drug-likeness (QED) is 0.647. The highest BCUT2D eigenvalue weighted by molar-refractivity contribution is 9.10. The van der Waals surface area contributed by atoms with Gasteiger partial charge in [-0.05, 0) is 42.8 Å². The van der Waals surface area contributed by atoms with Crippen molar-refractivity contribution in [2.24, 2.45) is 0 Å². The van der Waals surface area contributed by atoms with Gasteiger partial charge < -0.3 is 15.8 Å². The Morgan fingerprint density at radius 1 is 1.29 bits per heavy atom. The number of hydrogen-bond acceptors (Lipinski definition) is 4. The molecule has 0 aliphatic heterocycles. The van der Waals surface area contributed by atoms with E-state index in [1.807, 2.05) is 18.2 Å². The Hall–Kier alpha value is -2.01. The summed E-state index contributed by atoms with van der Waals surface area (Å²) in [6.07, 6.45) is 0. The number of nitrogen functional groups attached to an aromatic ring is 1. The van der Waals surface area contributed by atoms with Gasteiger partial charge in [0, 0.05) is 10.5 Å². The van der Waals surface area contributed by atoms with Crippen molar-refractivity contribution in [1.82, 2.24) is 0 Å². The van der Waals surface area contributed by atoms with Gasteiger partial charge in [-0.2, -0.15) is 0 Å². The second-order valence-corrected chi connectivity index (χ2v) is 5.63. The second-order valence-electron chi connectivity index (χ2n) is 4.71. The number of carbonyl (C=O) groups is 1. The zero-order valence-electron chi connectivity index (χ0n) is 11.9. The first-order valence-corrected chi connectivity index (χ1v) is 7.30. The number of carbonyl (C=O) groups excluding carboxylic acids is 1. The molecule has 0 radical (unpaired) electrons. The van der Waals surface area contributed by atoms with Crippen LogP contribution in [0.15, 0.2) is 46.9 Å². The van der Waals surface area contributed by atoms with E-state index < -0.39 is 5.97 Å². The van der Waals surface area contributed by atoms with Gasteiger partial charge in [-0.15, -0.1) is 0 Å². The Morgan fingerprint density at radius 3 is 2.67 bits per heavy atom. The molecule has 0 bridgehead atoms. The molecule has 0 spiro atoms. The molecule has 1 atom stereocenters. The molecule has 1 unspecified atom stereocenters. The van der Waals surface area contributed by atoms with Crippen LogP contribution in [0.3, 0.4) is 0 Å². The van der Waals surface area contributed by atoms with E-state index in [1.54, 1.807) is 18.2 Å². The number of halogens is 1. The molecule has 0 aromatic heterocycles. The third kappa shape index (κ3) is 3.76. The third-order valence-corrected chi connectivity index (χ3v) is 3.69. The number of rotatable bonds is 4. The van der Waals surface area contributed by atoms with Crippen LogP contribution in [0.1, 0.15) is 28.9 Å². The summed E-state index contributed by atoms with van der Waals surface area (Å²) in [5.74, 6) is -0.395. The number of nitrogens with one attached hydrogen (secondary N) is 1. The molecule has 0 aliphatic rings. The van der Waals surface area contributed by atoms with Gasteiger partial charge in [-0.25, -0.2) is 4.79 Å². The molecule has 21 heavy (non-hydrogen) atoms. The molecule has 0 saturated heterocycles. The van der Waals surface area contributed by atoms with Crippen LogP contribution in [-0.2, 0) is 4.74 Å². The van der Waals surface area contributed by atoms with E-state index in [1.165, 1.54) is 7.11 Å². The number of benzene rings is 2. The maximum absolute atomic E-state index is 11.5. The molecular weight excluding hydrogens is 332 g/mol. The number of esters is 1. The number of methoxy groups -OCH3 is 1. The molecule has 4 nitrogen and oxygen atoms in total. The lowest BCUT2D eigenvalue weighted by Gasteiger charge is -2.18. The highest BCUT2D eigenvalue weighted by Crippen LogP contribution is 2.26. The maximum atomic E-state index is 11.5. The average Bonchev–Trinajstić information content (AvgIpc) is 2.48. The predicted octanol–water partition coefficient (Wildman–Crippen LogP) is 3.99.